The summed E-state index contributed by atoms with van der Waals surface area (Å²) in [5.41, 5.74) is 6.85. The lowest BCUT2D eigenvalue weighted by Crippen LogP contribution is -2.23. The number of amides is 1. The van der Waals surface area contributed by atoms with E-state index < -0.39 is 0 Å². The molecule has 0 spiro atoms. The molecule has 0 saturated heterocycles. The molecular weight excluding hydrogens is 300 g/mol. The molecule has 6 nitrogen and oxygen atoms in total. The first-order chi connectivity index (χ1) is 10.7. The van der Waals surface area contributed by atoms with Crippen LogP contribution in [0, 0.1) is 0 Å². The van der Waals surface area contributed by atoms with Gasteiger partial charge in [-0.25, -0.2) is 4.98 Å². The number of nitrogens with one attached hydrogen (secondary N) is 1. The molecule has 0 aliphatic rings. The van der Waals surface area contributed by atoms with Gasteiger partial charge >= 0.3 is 0 Å². The molecule has 0 aliphatic carbocycles. The average Bonchev–Trinajstić information content (AvgIpc) is 3.16. The Balaban J connectivity index is 1.90. The smallest absolute Gasteiger partial charge is 0.271 e. The molecule has 0 saturated carbocycles. The predicted molar refractivity (Wildman–Crippen MR) is 85.9 cm³/mol. The zero-order valence-corrected chi connectivity index (χ0v) is 13.8. The molecule has 2 heterocycles. The highest BCUT2D eigenvalue weighted by Gasteiger charge is 2.15. The largest absolute Gasteiger partial charge is 0.359 e. The number of aromatic nitrogens is 2. The SMILES string of the molecule is CCC(CC)c1cc(CNC(=O)c2csc(CCN)n2)on1. The summed E-state index contributed by atoms with van der Waals surface area (Å²) in [6, 6.07) is 1.92. The lowest BCUT2D eigenvalue weighted by atomic mass is 9.99. The van der Waals surface area contributed by atoms with Crippen molar-refractivity contribution in [1.82, 2.24) is 15.5 Å². The maximum atomic E-state index is 12.0. The molecule has 0 atom stereocenters. The third-order valence-corrected chi connectivity index (χ3v) is 4.46. The van der Waals surface area contributed by atoms with Gasteiger partial charge in [-0.2, -0.15) is 0 Å². The van der Waals surface area contributed by atoms with Crippen LogP contribution in [0.15, 0.2) is 16.0 Å². The Morgan fingerprint density at radius 3 is 2.91 bits per heavy atom. The van der Waals surface area contributed by atoms with E-state index in [1.54, 1.807) is 5.38 Å². The minimum absolute atomic E-state index is 0.208. The van der Waals surface area contributed by atoms with Crippen LogP contribution in [0.2, 0.25) is 0 Å². The van der Waals surface area contributed by atoms with E-state index >= 15 is 0 Å². The van der Waals surface area contributed by atoms with Crippen molar-refractivity contribution in [2.45, 2.75) is 45.6 Å². The summed E-state index contributed by atoms with van der Waals surface area (Å²) >= 11 is 1.45. The van der Waals surface area contributed by atoms with Gasteiger partial charge < -0.3 is 15.6 Å². The Bertz CT molecular complexity index is 604. The number of nitrogens with two attached hydrogens (primary N) is 1. The van der Waals surface area contributed by atoms with Crippen molar-refractivity contribution in [2.75, 3.05) is 6.54 Å². The predicted octanol–water partition coefficient (Wildman–Crippen LogP) is 2.47. The molecule has 7 heteroatoms. The fraction of sp³-hybridized carbons (Fsp3) is 0.533. The minimum Gasteiger partial charge on any atom is -0.359 e. The van der Waals surface area contributed by atoms with Crippen molar-refractivity contribution in [3.63, 3.8) is 0 Å². The number of rotatable bonds is 8. The van der Waals surface area contributed by atoms with Crippen molar-refractivity contribution in [2.24, 2.45) is 5.73 Å². The molecule has 120 valence electrons. The average molecular weight is 322 g/mol. The summed E-state index contributed by atoms with van der Waals surface area (Å²) in [6.07, 6.45) is 2.74. The monoisotopic (exact) mass is 322 g/mol. The maximum absolute atomic E-state index is 12.0. The van der Waals surface area contributed by atoms with Crippen LogP contribution in [0.25, 0.3) is 0 Å². The second-order valence-corrected chi connectivity index (χ2v) is 6.02. The van der Waals surface area contributed by atoms with Crippen LogP contribution in [-0.2, 0) is 13.0 Å². The van der Waals surface area contributed by atoms with Crippen LogP contribution in [0.1, 0.15) is 59.6 Å². The Morgan fingerprint density at radius 2 is 2.23 bits per heavy atom. The van der Waals surface area contributed by atoms with Crippen molar-refractivity contribution >= 4 is 17.2 Å². The summed E-state index contributed by atoms with van der Waals surface area (Å²) in [5.74, 6) is 0.859. The van der Waals surface area contributed by atoms with Crippen molar-refractivity contribution < 1.29 is 9.32 Å². The quantitative estimate of drug-likeness (QED) is 0.778. The molecule has 1 amide bonds. The van der Waals surface area contributed by atoms with Gasteiger partial charge in [0.15, 0.2) is 5.76 Å². The zero-order chi connectivity index (χ0) is 15.9. The van der Waals surface area contributed by atoms with E-state index in [-0.39, 0.29) is 5.91 Å². The van der Waals surface area contributed by atoms with Gasteiger partial charge in [0.1, 0.15) is 5.69 Å². The Kier molecular flexibility index (Phi) is 6.09. The molecule has 2 aromatic heterocycles. The van der Waals surface area contributed by atoms with Crippen LogP contribution in [0.5, 0.6) is 0 Å². The van der Waals surface area contributed by atoms with Gasteiger partial charge in [0, 0.05) is 23.8 Å². The molecule has 2 rings (SSSR count). The second-order valence-electron chi connectivity index (χ2n) is 5.08. The van der Waals surface area contributed by atoms with Gasteiger partial charge in [-0.1, -0.05) is 19.0 Å². The molecule has 0 aromatic carbocycles. The third kappa shape index (κ3) is 4.14. The van der Waals surface area contributed by atoms with Gasteiger partial charge in [0.05, 0.1) is 17.2 Å². The summed E-state index contributed by atoms with van der Waals surface area (Å²) in [4.78, 5) is 16.3. The fourth-order valence-corrected chi connectivity index (χ4v) is 3.02. The Hall–Kier alpha value is -1.73. The van der Waals surface area contributed by atoms with Crippen molar-refractivity contribution in [3.8, 4) is 0 Å². The van der Waals surface area contributed by atoms with Crippen LogP contribution in [-0.4, -0.2) is 22.6 Å². The van der Waals surface area contributed by atoms with Gasteiger partial charge in [-0.05, 0) is 19.4 Å². The lowest BCUT2D eigenvalue weighted by Gasteiger charge is -2.05. The van der Waals surface area contributed by atoms with Crippen LogP contribution >= 0.6 is 11.3 Å². The van der Waals surface area contributed by atoms with E-state index in [0.29, 0.717) is 36.9 Å². The maximum Gasteiger partial charge on any atom is 0.271 e. The first-order valence-corrected chi connectivity index (χ1v) is 8.44. The van der Waals surface area contributed by atoms with E-state index in [1.807, 2.05) is 6.07 Å². The van der Waals surface area contributed by atoms with Gasteiger partial charge in [-0.15, -0.1) is 11.3 Å². The van der Waals surface area contributed by atoms with Gasteiger partial charge in [0.25, 0.3) is 5.91 Å². The highest BCUT2D eigenvalue weighted by molar-refractivity contribution is 7.09. The standard InChI is InChI=1S/C15H22N4O2S/c1-3-10(4-2)12-7-11(21-19-12)8-17-15(20)13-9-22-14(18-13)5-6-16/h7,9-10H,3-6,8,16H2,1-2H3,(H,17,20). The van der Waals surface area contributed by atoms with Crippen LogP contribution in [0.3, 0.4) is 0 Å². The molecule has 22 heavy (non-hydrogen) atoms. The number of carbonyl (C=O) groups is 1. The van der Waals surface area contributed by atoms with Crippen LogP contribution in [0.4, 0.5) is 0 Å². The van der Waals surface area contributed by atoms with Crippen molar-refractivity contribution in [1.29, 1.82) is 0 Å². The lowest BCUT2D eigenvalue weighted by molar-refractivity contribution is 0.0942. The molecule has 0 fully saturated rings. The van der Waals surface area contributed by atoms with Gasteiger partial charge in [0.2, 0.25) is 0 Å². The highest BCUT2D eigenvalue weighted by Crippen LogP contribution is 2.22. The summed E-state index contributed by atoms with van der Waals surface area (Å²) < 4.78 is 5.28. The van der Waals surface area contributed by atoms with E-state index in [9.17, 15) is 4.79 Å². The van der Waals surface area contributed by atoms with Crippen molar-refractivity contribution in [3.05, 3.63) is 33.6 Å². The number of nitrogens with zero attached hydrogens (tertiary/aromatic N) is 2. The summed E-state index contributed by atoms with van der Waals surface area (Å²) in [7, 11) is 0. The Labute approximate surface area is 134 Å². The van der Waals surface area contributed by atoms with E-state index in [4.69, 9.17) is 10.3 Å². The van der Waals surface area contributed by atoms with Crippen LogP contribution < -0.4 is 11.1 Å². The third-order valence-electron chi connectivity index (χ3n) is 3.55. The summed E-state index contributed by atoms with van der Waals surface area (Å²) in [5, 5.41) is 9.51. The summed E-state index contributed by atoms with van der Waals surface area (Å²) in [6.45, 7) is 5.11. The number of carbonyl (C=O) groups excluding carboxylic acids is 1. The fourth-order valence-electron chi connectivity index (χ4n) is 2.22. The highest BCUT2D eigenvalue weighted by atomic mass is 32.1. The molecule has 0 radical (unpaired) electrons. The first kappa shape index (κ1) is 16.6. The topological polar surface area (TPSA) is 94.0 Å². The van der Waals surface area contributed by atoms with E-state index in [0.717, 1.165) is 23.5 Å². The normalized spacial score (nSPS) is 11.1. The Morgan fingerprint density at radius 1 is 1.45 bits per heavy atom. The molecule has 2 aromatic rings. The number of thiazole rings is 1. The minimum atomic E-state index is -0.208. The molecule has 3 N–H and O–H groups in total. The second kappa shape index (κ2) is 8.05. The van der Waals surface area contributed by atoms with E-state index in [2.05, 4.69) is 29.3 Å². The van der Waals surface area contributed by atoms with Gasteiger partial charge in [-0.3, -0.25) is 4.79 Å². The molecule has 0 aliphatic heterocycles. The molecule has 0 unspecified atom stereocenters. The number of hydrogen-bond donors (Lipinski definition) is 2. The first-order valence-electron chi connectivity index (χ1n) is 7.56. The van der Waals surface area contributed by atoms with E-state index in [1.165, 1.54) is 11.3 Å². The number of hydrogen-bond acceptors (Lipinski definition) is 6. The molecular formula is C15H22N4O2S. The molecule has 0 bridgehead atoms. The zero-order valence-electron chi connectivity index (χ0n) is 13.0.